The Kier molecular flexibility index (Phi) is 28.6. The van der Waals surface area contributed by atoms with Gasteiger partial charge in [0.1, 0.15) is 0 Å². The average molecular weight is 635 g/mol. The number of rotatable bonds is 32. The molecule has 0 spiro atoms. The molecule has 0 bridgehead atoms. The van der Waals surface area contributed by atoms with Crippen molar-refractivity contribution in [3.05, 3.63) is 0 Å². The Labute approximate surface area is 246 Å². The fourth-order valence-corrected chi connectivity index (χ4v) is 8.05. The van der Waals surface area contributed by atoms with Gasteiger partial charge < -0.3 is 27.1 Å². The quantitative estimate of drug-likeness (QED) is 0.0528. The van der Waals surface area contributed by atoms with Crippen LogP contribution in [0.2, 0.25) is 0 Å². The van der Waals surface area contributed by atoms with E-state index in [2.05, 4.69) is 13.8 Å². The van der Waals surface area contributed by atoms with E-state index in [0.717, 1.165) is 103 Å². The normalized spacial score (nSPS) is 15.6. The van der Waals surface area contributed by atoms with Gasteiger partial charge in [-0.2, -0.15) is 0 Å². The topological polar surface area (TPSA) is 107 Å². The molecule has 9 nitrogen and oxygen atoms in total. The van der Waals surface area contributed by atoms with Crippen molar-refractivity contribution in [1.82, 2.24) is 0 Å². The lowest BCUT2D eigenvalue weighted by atomic mass is 10.2. The second-order valence-corrected chi connectivity index (χ2v) is 15.6. The summed E-state index contributed by atoms with van der Waals surface area (Å²) in [6.45, 7) is 10.9. The minimum Gasteiger partial charge on any atom is -0.311 e. The summed E-state index contributed by atoms with van der Waals surface area (Å²) < 4.78 is 70.5. The Morgan fingerprint density at radius 2 is 0.775 bits per heavy atom. The number of unbranched alkanes of at least 4 members (excludes halogenated alkanes) is 10. The third-order valence-electron chi connectivity index (χ3n) is 6.15. The molecule has 2 atom stereocenters. The first-order chi connectivity index (χ1) is 19.3. The zero-order chi connectivity index (χ0) is 29.8. The van der Waals surface area contributed by atoms with Crippen molar-refractivity contribution >= 4 is 23.4 Å². The molecule has 40 heavy (non-hydrogen) atoms. The maximum atomic E-state index is 12.8. The molecule has 0 radical (unpaired) electrons. The first-order valence-corrected chi connectivity index (χ1v) is 20.6. The molecule has 242 valence electrons. The van der Waals surface area contributed by atoms with Crippen LogP contribution in [0.3, 0.4) is 0 Å². The molecule has 2 unspecified atom stereocenters. The summed E-state index contributed by atoms with van der Waals surface area (Å²) in [7, 11) is -8.41. The van der Waals surface area contributed by atoms with Crippen LogP contribution in [0.5, 0.6) is 0 Å². The van der Waals surface area contributed by atoms with Crippen molar-refractivity contribution < 1.29 is 40.8 Å². The van der Waals surface area contributed by atoms with E-state index in [0.29, 0.717) is 52.0 Å². The van der Waals surface area contributed by atoms with Gasteiger partial charge in [0.25, 0.3) is 0 Å². The van der Waals surface area contributed by atoms with Gasteiger partial charge in [-0.3, -0.25) is 13.7 Å². The van der Waals surface area contributed by atoms with Crippen molar-refractivity contribution in [2.24, 2.45) is 0 Å². The molecule has 0 rings (SSSR count). The lowest BCUT2D eigenvalue weighted by Gasteiger charge is -2.18. The molecular formula is C28H61O9P3. The van der Waals surface area contributed by atoms with Gasteiger partial charge in [0, 0.05) is 0 Å². The second-order valence-electron chi connectivity index (χ2n) is 10.2. The summed E-state index contributed by atoms with van der Waals surface area (Å²) >= 11 is 0. The van der Waals surface area contributed by atoms with Crippen LogP contribution in [0.15, 0.2) is 0 Å². The standard InChI is InChI=1S/C28H61O9P3/c1-5-9-25-36-39(30,34-21-7-3)27-19-15-11-13-17-23-32-38(29)33-24-18-14-12-16-20-28-40(31,35-22-8-4)37-26-10-6-2/h38H,5-28H2,1-4H3. The molecule has 0 aromatic carbocycles. The SMILES string of the molecule is CCCCOP(=O)(CCCCCCCO[PH](=O)OCCCCCCCP(=O)(OCCC)OCCCC)OCCC. The molecule has 0 amide bonds. The monoisotopic (exact) mass is 634 g/mol. The van der Waals surface area contributed by atoms with Crippen LogP contribution >= 0.6 is 23.4 Å². The summed E-state index contributed by atoms with van der Waals surface area (Å²) in [5.41, 5.74) is 0. The van der Waals surface area contributed by atoms with Gasteiger partial charge in [0.05, 0.1) is 52.0 Å². The summed E-state index contributed by atoms with van der Waals surface area (Å²) in [6, 6.07) is 0. The van der Waals surface area contributed by atoms with E-state index in [1.807, 2.05) is 13.8 Å². The lowest BCUT2D eigenvalue weighted by Crippen LogP contribution is -2.03. The van der Waals surface area contributed by atoms with Gasteiger partial charge in [0.2, 0.25) is 0 Å². The molecule has 12 heteroatoms. The van der Waals surface area contributed by atoms with Crippen molar-refractivity contribution in [3.8, 4) is 0 Å². The van der Waals surface area contributed by atoms with Crippen molar-refractivity contribution in [2.75, 3.05) is 52.0 Å². The first kappa shape index (κ1) is 40.5. The summed E-state index contributed by atoms with van der Waals surface area (Å²) in [5, 5.41) is 0. The highest BCUT2D eigenvalue weighted by atomic mass is 31.2. The highest BCUT2D eigenvalue weighted by Gasteiger charge is 2.24. The largest absolute Gasteiger partial charge is 0.330 e. The van der Waals surface area contributed by atoms with Crippen LogP contribution in [0.25, 0.3) is 0 Å². The van der Waals surface area contributed by atoms with Crippen LogP contribution in [-0.2, 0) is 40.8 Å². The molecule has 0 aliphatic rings. The van der Waals surface area contributed by atoms with Gasteiger partial charge in [-0.15, -0.1) is 0 Å². The molecule has 0 fully saturated rings. The van der Waals surface area contributed by atoms with E-state index in [4.69, 9.17) is 27.1 Å². The fourth-order valence-electron chi connectivity index (χ4n) is 3.72. The van der Waals surface area contributed by atoms with Crippen LogP contribution in [0, 0.1) is 0 Å². The van der Waals surface area contributed by atoms with Gasteiger partial charge in [0.15, 0.2) is 0 Å². The van der Waals surface area contributed by atoms with Crippen LogP contribution in [-0.4, -0.2) is 52.0 Å². The average Bonchev–Trinajstić information content (AvgIpc) is 2.94. The predicted molar refractivity (Wildman–Crippen MR) is 166 cm³/mol. The van der Waals surface area contributed by atoms with E-state index in [1.165, 1.54) is 0 Å². The summed E-state index contributed by atoms with van der Waals surface area (Å²) in [6.07, 6.45) is 15.5. The Morgan fingerprint density at radius 3 is 1.15 bits per heavy atom. The molecule has 0 saturated carbocycles. The van der Waals surface area contributed by atoms with Gasteiger partial charge >= 0.3 is 23.4 Å². The first-order valence-electron chi connectivity index (χ1n) is 15.9. The van der Waals surface area contributed by atoms with Crippen LogP contribution in [0.4, 0.5) is 0 Å². The highest BCUT2D eigenvalue weighted by Crippen LogP contribution is 2.50. The Morgan fingerprint density at radius 1 is 0.425 bits per heavy atom. The van der Waals surface area contributed by atoms with Gasteiger partial charge in [-0.1, -0.05) is 79.1 Å². The molecular weight excluding hydrogens is 573 g/mol. The lowest BCUT2D eigenvalue weighted by molar-refractivity contribution is 0.200. The molecule has 0 aromatic rings. The Bertz CT molecular complexity index is 625. The van der Waals surface area contributed by atoms with Crippen LogP contribution in [0.1, 0.15) is 130 Å². The van der Waals surface area contributed by atoms with E-state index in [9.17, 15) is 13.7 Å². The molecule has 0 aromatic heterocycles. The summed E-state index contributed by atoms with van der Waals surface area (Å²) in [5.74, 6) is 0. The van der Waals surface area contributed by atoms with Crippen molar-refractivity contribution in [2.45, 2.75) is 130 Å². The third kappa shape index (κ3) is 25.0. The zero-order valence-electron chi connectivity index (χ0n) is 26.0. The third-order valence-corrected chi connectivity index (χ3v) is 11.1. The maximum absolute atomic E-state index is 12.8. The second kappa shape index (κ2) is 28.2. The fraction of sp³-hybridized carbons (Fsp3) is 1.00. The molecule has 0 saturated heterocycles. The van der Waals surface area contributed by atoms with E-state index < -0.39 is 23.4 Å². The van der Waals surface area contributed by atoms with Crippen molar-refractivity contribution in [3.63, 3.8) is 0 Å². The van der Waals surface area contributed by atoms with E-state index >= 15 is 0 Å². The molecule has 0 aliphatic heterocycles. The predicted octanol–water partition coefficient (Wildman–Crippen LogP) is 10.2. The van der Waals surface area contributed by atoms with E-state index in [1.54, 1.807) is 0 Å². The highest BCUT2D eigenvalue weighted by molar-refractivity contribution is 7.54. The Hall–Kier alpha value is 0.450. The minimum atomic E-state index is -2.98. The van der Waals surface area contributed by atoms with Crippen molar-refractivity contribution in [1.29, 1.82) is 0 Å². The van der Waals surface area contributed by atoms with Gasteiger partial charge in [-0.25, -0.2) is 0 Å². The summed E-state index contributed by atoms with van der Waals surface area (Å²) in [4.78, 5) is 0. The maximum Gasteiger partial charge on any atom is 0.330 e. The Balaban J connectivity index is 3.76. The van der Waals surface area contributed by atoms with Gasteiger partial charge in [-0.05, 0) is 51.4 Å². The smallest absolute Gasteiger partial charge is 0.311 e. The van der Waals surface area contributed by atoms with Crippen LogP contribution < -0.4 is 0 Å². The molecule has 0 aliphatic carbocycles. The number of hydrogen-bond acceptors (Lipinski definition) is 9. The minimum absolute atomic E-state index is 0.427. The number of hydrogen-bond donors (Lipinski definition) is 0. The molecule has 0 N–H and O–H groups in total. The van der Waals surface area contributed by atoms with E-state index in [-0.39, 0.29) is 0 Å². The molecule has 0 heterocycles. The zero-order valence-corrected chi connectivity index (χ0v) is 28.8.